The number of halogens is 1. The normalized spacial score (nSPS) is 25.7. The number of likely N-dealkylation sites (tertiary alicyclic amines) is 1. The molecule has 0 aromatic heterocycles. The third kappa shape index (κ3) is 3.58. The van der Waals surface area contributed by atoms with E-state index in [-0.39, 0.29) is 30.3 Å². The molecule has 0 aliphatic carbocycles. The van der Waals surface area contributed by atoms with Crippen molar-refractivity contribution in [3.05, 3.63) is 28.2 Å². The number of nitrogens with zero attached hydrogens (tertiary/aromatic N) is 1. The van der Waals surface area contributed by atoms with Crippen molar-refractivity contribution in [1.29, 1.82) is 0 Å². The van der Waals surface area contributed by atoms with Gasteiger partial charge in [0.2, 0.25) is 5.91 Å². The number of carbonyl (C=O) groups is 2. The lowest BCUT2D eigenvalue weighted by atomic mass is 9.91. The van der Waals surface area contributed by atoms with E-state index in [2.05, 4.69) is 15.9 Å². The number of carbonyl (C=O) groups excluding carboxylic acids is 2. The molecule has 6 heteroatoms. The summed E-state index contributed by atoms with van der Waals surface area (Å²) < 4.78 is 12.7. The first-order chi connectivity index (χ1) is 11.2. The number of amides is 1. The van der Waals surface area contributed by atoms with Crippen molar-refractivity contribution in [2.75, 3.05) is 13.6 Å². The topological polar surface area (TPSA) is 55.8 Å². The monoisotopic (exact) mass is 395 g/mol. The van der Waals surface area contributed by atoms with Gasteiger partial charge in [-0.25, -0.2) is 0 Å². The number of benzene rings is 1. The van der Waals surface area contributed by atoms with Crippen LogP contribution in [0.15, 0.2) is 22.7 Å². The van der Waals surface area contributed by atoms with Crippen molar-refractivity contribution in [1.82, 2.24) is 4.90 Å². The van der Waals surface area contributed by atoms with Crippen LogP contribution in [0.25, 0.3) is 0 Å². The van der Waals surface area contributed by atoms with E-state index in [0.29, 0.717) is 19.4 Å². The third-order valence-electron chi connectivity index (χ3n) is 4.63. The molecule has 5 nitrogen and oxygen atoms in total. The Morgan fingerprint density at radius 1 is 1.42 bits per heavy atom. The molecule has 1 aromatic carbocycles. The minimum absolute atomic E-state index is 0.00125. The van der Waals surface area contributed by atoms with Crippen molar-refractivity contribution >= 4 is 27.8 Å². The highest BCUT2D eigenvalue weighted by molar-refractivity contribution is 9.10. The largest absolute Gasteiger partial charge is 0.487 e. The van der Waals surface area contributed by atoms with Gasteiger partial charge < -0.3 is 14.4 Å². The SMILES string of the molecule is CN1CC[C@@H](C(=O)O[C@@H]2CC(C)(C)Oc3ccc(Br)cc32)CC1=O. The molecule has 0 bridgehead atoms. The molecule has 0 radical (unpaired) electrons. The van der Waals surface area contributed by atoms with Gasteiger partial charge in [0.15, 0.2) is 0 Å². The van der Waals surface area contributed by atoms with Crippen molar-refractivity contribution in [3.63, 3.8) is 0 Å². The van der Waals surface area contributed by atoms with E-state index < -0.39 is 5.60 Å². The predicted molar refractivity (Wildman–Crippen MR) is 92.7 cm³/mol. The first kappa shape index (κ1) is 17.3. The Hall–Kier alpha value is -1.56. The average Bonchev–Trinajstić information content (AvgIpc) is 2.50. The molecular formula is C18H22BrNO4. The van der Waals surface area contributed by atoms with Gasteiger partial charge in [0.1, 0.15) is 17.5 Å². The highest BCUT2D eigenvalue weighted by Gasteiger charge is 2.38. The lowest BCUT2D eigenvalue weighted by Crippen LogP contribution is -2.40. The number of esters is 1. The molecule has 1 aromatic rings. The summed E-state index contributed by atoms with van der Waals surface area (Å²) in [6, 6.07) is 5.73. The van der Waals surface area contributed by atoms with Crippen LogP contribution in [0, 0.1) is 5.92 Å². The lowest BCUT2D eigenvalue weighted by molar-refractivity contribution is -0.162. The maximum atomic E-state index is 12.6. The average molecular weight is 396 g/mol. The zero-order valence-electron chi connectivity index (χ0n) is 14.2. The van der Waals surface area contributed by atoms with Crippen LogP contribution in [-0.4, -0.2) is 36.0 Å². The molecule has 3 rings (SSSR count). The molecule has 2 aliphatic rings. The Labute approximate surface area is 150 Å². The summed E-state index contributed by atoms with van der Waals surface area (Å²) in [6.45, 7) is 4.57. The van der Waals surface area contributed by atoms with Crippen LogP contribution < -0.4 is 4.74 Å². The minimum Gasteiger partial charge on any atom is -0.487 e. The fourth-order valence-electron chi connectivity index (χ4n) is 3.25. The second-order valence-electron chi connectivity index (χ2n) is 7.18. The lowest BCUT2D eigenvalue weighted by Gasteiger charge is -2.38. The smallest absolute Gasteiger partial charge is 0.310 e. The summed E-state index contributed by atoms with van der Waals surface area (Å²) in [4.78, 5) is 26.1. The molecule has 24 heavy (non-hydrogen) atoms. The molecular weight excluding hydrogens is 374 g/mol. The molecule has 1 saturated heterocycles. The highest BCUT2D eigenvalue weighted by Crippen LogP contribution is 2.43. The van der Waals surface area contributed by atoms with Crippen LogP contribution in [0.2, 0.25) is 0 Å². The van der Waals surface area contributed by atoms with Gasteiger partial charge >= 0.3 is 5.97 Å². The van der Waals surface area contributed by atoms with Gasteiger partial charge in [-0.15, -0.1) is 0 Å². The number of hydrogen-bond acceptors (Lipinski definition) is 4. The molecule has 2 atom stereocenters. The number of fused-ring (bicyclic) bond motifs is 1. The first-order valence-corrected chi connectivity index (χ1v) is 8.97. The molecule has 0 unspecified atom stereocenters. The van der Waals surface area contributed by atoms with E-state index in [4.69, 9.17) is 9.47 Å². The Bertz CT molecular complexity index is 673. The van der Waals surface area contributed by atoms with Crippen LogP contribution in [-0.2, 0) is 14.3 Å². The maximum absolute atomic E-state index is 12.6. The fraction of sp³-hybridized carbons (Fsp3) is 0.556. The van der Waals surface area contributed by atoms with Gasteiger partial charge in [0, 0.05) is 36.5 Å². The van der Waals surface area contributed by atoms with Crippen molar-refractivity contribution < 1.29 is 19.1 Å². The zero-order valence-corrected chi connectivity index (χ0v) is 15.8. The van der Waals surface area contributed by atoms with Gasteiger partial charge in [-0.05, 0) is 38.5 Å². The summed E-state index contributed by atoms with van der Waals surface area (Å²) in [5.74, 6) is 0.102. The molecule has 130 valence electrons. The van der Waals surface area contributed by atoms with Crippen molar-refractivity contribution in [2.45, 2.75) is 44.8 Å². The fourth-order valence-corrected chi connectivity index (χ4v) is 3.62. The van der Waals surface area contributed by atoms with Gasteiger partial charge in [-0.1, -0.05) is 15.9 Å². The number of hydrogen-bond donors (Lipinski definition) is 0. The molecule has 0 spiro atoms. The summed E-state index contributed by atoms with van der Waals surface area (Å²) >= 11 is 3.46. The standard InChI is InChI=1S/C18H22BrNO4/c1-18(2)10-15(13-9-12(19)4-5-14(13)24-18)23-17(22)11-6-7-20(3)16(21)8-11/h4-5,9,11,15H,6-8,10H2,1-3H3/t11-,15-/m1/s1. The minimum atomic E-state index is -0.408. The Morgan fingerprint density at radius 2 is 2.17 bits per heavy atom. The Morgan fingerprint density at radius 3 is 2.88 bits per heavy atom. The summed E-state index contributed by atoms with van der Waals surface area (Å²) in [5, 5.41) is 0. The quantitative estimate of drug-likeness (QED) is 0.719. The van der Waals surface area contributed by atoms with E-state index in [1.165, 1.54) is 0 Å². The van der Waals surface area contributed by atoms with Gasteiger partial charge in [-0.3, -0.25) is 9.59 Å². The van der Waals surface area contributed by atoms with Gasteiger partial charge in [0.05, 0.1) is 5.92 Å². The molecule has 1 fully saturated rings. The van der Waals surface area contributed by atoms with Crippen LogP contribution >= 0.6 is 15.9 Å². The number of ether oxygens (including phenoxy) is 2. The second kappa shape index (κ2) is 6.39. The van der Waals surface area contributed by atoms with E-state index in [1.54, 1.807) is 11.9 Å². The third-order valence-corrected chi connectivity index (χ3v) is 5.13. The molecule has 2 heterocycles. The first-order valence-electron chi connectivity index (χ1n) is 8.18. The van der Waals surface area contributed by atoms with Crippen LogP contribution in [0.5, 0.6) is 5.75 Å². The number of piperidine rings is 1. The van der Waals surface area contributed by atoms with Gasteiger partial charge in [-0.2, -0.15) is 0 Å². The van der Waals surface area contributed by atoms with E-state index >= 15 is 0 Å². The van der Waals surface area contributed by atoms with Crippen LogP contribution in [0.4, 0.5) is 0 Å². The summed E-state index contributed by atoms with van der Waals surface area (Å²) in [7, 11) is 1.76. The molecule has 2 aliphatic heterocycles. The van der Waals surface area contributed by atoms with Gasteiger partial charge in [0.25, 0.3) is 0 Å². The second-order valence-corrected chi connectivity index (χ2v) is 8.09. The summed E-state index contributed by atoms with van der Waals surface area (Å²) in [5.41, 5.74) is 0.463. The van der Waals surface area contributed by atoms with E-state index in [9.17, 15) is 9.59 Å². The Kier molecular flexibility index (Phi) is 4.60. The van der Waals surface area contributed by atoms with Crippen LogP contribution in [0.1, 0.15) is 44.8 Å². The van der Waals surface area contributed by atoms with Crippen LogP contribution in [0.3, 0.4) is 0 Å². The molecule has 0 N–H and O–H groups in total. The van der Waals surface area contributed by atoms with E-state index in [1.807, 2.05) is 32.0 Å². The molecule has 1 amide bonds. The Balaban J connectivity index is 1.78. The predicted octanol–water partition coefficient (Wildman–Crippen LogP) is 3.46. The number of rotatable bonds is 2. The van der Waals surface area contributed by atoms with E-state index in [0.717, 1.165) is 15.8 Å². The molecule has 0 saturated carbocycles. The van der Waals surface area contributed by atoms with Crippen molar-refractivity contribution in [3.8, 4) is 5.75 Å². The highest BCUT2D eigenvalue weighted by atomic mass is 79.9. The zero-order chi connectivity index (χ0) is 17.5. The maximum Gasteiger partial charge on any atom is 0.310 e. The van der Waals surface area contributed by atoms with Crippen molar-refractivity contribution in [2.24, 2.45) is 5.92 Å². The summed E-state index contributed by atoms with van der Waals surface area (Å²) in [6.07, 6.45) is 1.11.